The van der Waals surface area contributed by atoms with Crippen LogP contribution in [0.4, 0.5) is 23.7 Å². The fraction of sp³-hybridized carbons (Fsp3) is 0.333. The maximum absolute atomic E-state index is 12.9. The number of carbonyl (C=O) groups is 1. The number of allylic oxidation sites excluding steroid dienone is 1. The Balaban J connectivity index is 2.70. The Labute approximate surface area is 126 Å². The summed E-state index contributed by atoms with van der Waals surface area (Å²) in [4.78, 5) is 12.1. The zero-order valence-electron chi connectivity index (χ0n) is 12.5. The van der Waals surface area contributed by atoms with Gasteiger partial charge < -0.3 is 5.32 Å². The Morgan fingerprint density at radius 3 is 2.64 bits per heavy atom. The first-order valence-electron chi connectivity index (χ1n) is 6.80. The van der Waals surface area contributed by atoms with Gasteiger partial charge in [0, 0.05) is 11.8 Å². The second-order valence-electron chi connectivity index (χ2n) is 4.86. The molecule has 2 rings (SSSR count). The van der Waals surface area contributed by atoms with Gasteiger partial charge in [0.25, 0.3) is 0 Å². The predicted octanol–water partition coefficient (Wildman–Crippen LogP) is 4.70. The second kappa shape index (κ2) is 5.82. The maximum Gasteiger partial charge on any atom is 0.416 e. The zero-order chi connectivity index (χ0) is 16.5. The molecule has 118 valence electrons. The van der Waals surface area contributed by atoms with Crippen LogP contribution in [0.1, 0.15) is 38.3 Å². The number of nitrogens with zero attached hydrogens (tertiary/aromatic N) is 2. The number of halogens is 3. The van der Waals surface area contributed by atoms with Crippen molar-refractivity contribution in [2.75, 3.05) is 5.32 Å². The molecule has 0 unspecified atom stereocenters. The van der Waals surface area contributed by atoms with E-state index in [0.29, 0.717) is 23.4 Å². The first kappa shape index (κ1) is 16.1. The number of alkyl halides is 3. The largest absolute Gasteiger partial charge is 0.416 e. The molecule has 0 saturated heterocycles. The zero-order valence-corrected chi connectivity index (χ0v) is 12.5. The number of nitrogens with one attached hydrogen (secondary N) is 1. The summed E-state index contributed by atoms with van der Waals surface area (Å²) >= 11 is 0. The van der Waals surface area contributed by atoms with Gasteiger partial charge in [-0.15, -0.1) is 0 Å². The topological polar surface area (TPSA) is 44.7 Å². The van der Waals surface area contributed by atoms with Crippen LogP contribution in [0.3, 0.4) is 0 Å². The van der Waals surface area contributed by atoms with Crippen molar-refractivity contribution in [2.24, 2.45) is 5.10 Å². The van der Waals surface area contributed by atoms with Crippen molar-refractivity contribution in [3.8, 4) is 0 Å². The average Bonchev–Trinajstić information content (AvgIpc) is 2.46. The van der Waals surface area contributed by atoms with Crippen molar-refractivity contribution in [3.05, 3.63) is 34.9 Å². The van der Waals surface area contributed by atoms with Crippen molar-refractivity contribution < 1.29 is 18.0 Å². The molecule has 0 bridgehead atoms. The highest BCUT2D eigenvalue weighted by molar-refractivity contribution is 6.03. The molecule has 1 aromatic rings. The maximum atomic E-state index is 12.9. The molecule has 1 aliphatic rings. The molecule has 0 aliphatic carbocycles. The normalized spacial score (nSPS) is 17.5. The minimum Gasteiger partial charge on any atom is -0.305 e. The minimum absolute atomic E-state index is 0.319. The van der Waals surface area contributed by atoms with E-state index in [9.17, 15) is 18.0 Å². The van der Waals surface area contributed by atoms with Gasteiger partial charge in [0.1, 0.15) is 0 Å². The Hall–Kier alpha value is -2.31. The Morgan fingerprint density at radius 2 is 2.09 bits per heavy atom. The quantitative estimate of drug-likeness (QED) is 0.791. The molecule has 0 saturated carbocycles. The molecular formula is C15H16F3N3O. The van der Waals surface area contributed by atoms with Gasteiger partial charge in [0.05, 0.1) is 16.9 Å². The van der Waals surface area contributed by atoms with E-state index in [2.05, 4.69) is 10.4 Å². The van der Waals surface area contributed by atoms with Crippen molar-refractivity contribution in [3.63, 3.8) is 0 Å². The molecule has 7 heteroatoms. The van der Waals surface area contributed by atoms with Crippen molar-refractivity contribution >= 4 is 23.6 Å². The van der Waals surface area contributed by atoms with Crippen molar-refractivity contribution in [1.29, 1.82) is 0 Å². The van der Waals surface area contributed by atoms with E-state index < -0.39 is 17.8 Å². The lowest BCUT2D eigenvalue weighted by Crippen LogP contribution is -2.35. The predicted molar refractivity (Wildman–Crippen MR) is 79.4 cm³/mol. The summed E-state index contributed by atoms with van der Waals surface area (Å²) in [6.45, 7) is 5.28. The highest BCUT2D eigenvalue weighted by atomic mass is 19.4. The molecule has 0 aromatic heterocycles. The van der Waals surface area contributed by atoms with Gasteiger partial charge in [-0.2, -0.15) is 23.3 Å². The molecule has 1 aromatic carbocycles. The van der Waals surface area contributed by atoms with Crippen LogP contribution in [0.25, 0.3) is 5.70 Å². The van der Waals surface area contributed by atoms with E-state index in [0.717, 1.165) is 22.7 Å². The van der Waals surface area contributed by atoms with E-state index >= 15 is 0 Å². The number of hydrogen-bond donors (Lipinski definition) is 1. The number of rotatable bonds is 2. The third-order valence-corrected chi connectivity index (χ3v) is 3.41. The van der Waals surface area contributed by atoms with Gasteiger partial charge in [0.15, 0.2) is 0 Å². The van der Waals surface area contributed by atoms with E-state index in [1.165, 1.54) is 12.3 Å². The van der Waals surface area contributed by atoms with Crippen LogP contribution >= 0.6 is 0 Å². The van der Waals surface area contributed by atoms with Crippen molar-refractivity contribution in [2.45, 2.75) is 33.4 Å². The van der Waals surface area contributed by atoms with Crippen LogP contribution in [0.2, 0.25) is 0 Å². The smallest absolute Gasteiger partial charge is 0.305 e. The molecule has 0 atom stereocenters. The molecule has 22 heavy (non-hydrogen) atoms. The summed E-state index contributed by atoms with van der Waals surface area (Å²) in [7, 11) is 0. The Kier molecular flexibility index (Phi) is 4.25. The number of carbonyl (C=O) groups excluding carboxylic acids is 1. The van der Waals surface area contributed by atoms with Gasteiger partial charge in [-0.05, 0) is 44.0 Å². The van der Waals surface area contributed by atoms with Gasteiger partial charge in [0.2, 0.25) is 0 Å². The third kappa shape index (κ3) is 2.84. The molecule has 0 fully saturated rings. The first-order valence-corrected chi connectivity index (χ1v) is 6.80. The molecule has 4 nitrogen and oxygen atoms in total. The summed E-state index contributed by atoms with van der Waals surface area (Å²) < 4.78 is 38.8. The number of benzene rings is 1. The molecule has 1 heterocycles. The number of anilines is 1. The van der Waals surface area contributed by atoms with Gasteiger partial charge in [-0.25, -0.2) is 4.79 Å². The summed E-state index contributed by atoms with van der Waals surface area (Å²) in [5, 5.41) is 7.62. The molecule has 0 spiro atoms. The Morgan fingerprint density at radius 1 is 1.41 bits per heavy atom. The Bertz CT molecular complexity index is 662. The van der Waals surface area contributed by atoms with Crippen LogP contribution in [-0.4, -0.2) is 17.3 Å². The van der Waals surface area contributed by atoms with Crippen LogP contribution < -0.4 is 5.32 Å². The second-order valence-corrected chi connectivity index (χ2v) is 4.86. The minimum atomic E-state index is -4.44. The van der Waals surface area contributed by atoms with Crippen LogP contribution in [0.15, 0.2) is 28.9 Å². The van der Waals surface area contributed by atoms with Crippen LogP contribution in [-0.2, 0) is 6.18 Å². The molecular weight excluding hydrogens is 295 g/mol. The number of hydrazone groups is 1. The summed E-state index contributed by atoms with van der Waals surface area (Å²) in [6, 6.07) is 2.78. The van der Waals surface area contributed by atoms with E-state index in [1.807, 2.05) is 6.92 Å². The van der Waals surface area contributed by atoms with Gasteiger partial charge >= 0.3 is 12.2 Å². The summed E-state index contributed by atoms with van der Waals surface area (Å²) in [5.74, 6) is 0. The summed E-state index contributed by atoms with van der Waals surface area (Å²) in [5.41, 5.74) is 1.08. The number of hydrogen-bond acceptors (Lipinski definition) is 2. The number of urea groups is 1. The lowest BCUT2D eigenvalue weighted by atomic mass is 9.99. The lowest BCUT2D eigenvalue weighted by Gasteiger charge is -2.30. The highest BCUT2D eigenvalue weighted by Gasteiger charge is 2.34. The van der Waals surface area contributed by atoms with E-state index in [4.69, 9.17) is 0 Å². The number of fused-ring (bicyclic) bond motifs is 1. The van der Waals surface area contributed by atoms with Crippen LogP contribution in [0, 0.1) is 0 Å². The van der Waals surface area contributed by atoms with E-state index in [1.54, 1.807) is 13.8 Å². The highest BCUT2D eigenvalue weighted by Crippen LogP contribution is 2.39. The lowest BCUT2D eigenvalue weighted by molar-refractivity contribution is -0.137. The number of amides is 2. The SMILES string of the molecule is C/C=N\N1C(=O)Nc2ccc(C(F)(F)F)cc2C1=C(C)CC. The van der Waals surface area contributed by atoms with Crippen molar-refractivity contribution in [1.82, 2.24) is 5.01 Å². The first-order chi connectivity index (χ1) is 10.3. The monoisotopic (exact) mass is 311 g/mol. The fourth-order valence-electron chi connectivity index (χ4n) is 2.21. The standard InChI is InChI=1S/C15H16F3N3O/c1-4-9(3)13-11-8-10(15(16,17)18)6-7-12(11)20-14(22)21(13)19-5-2/h5-8H,4H2,1-3H3,(H,20,22)/b13-9?,19-5-. The van der Waals surface area contributed by atoms with E-state index in [-0.39, 0.29) is 0 Å². The third-order valence-electron chi connectivity index (χ3n) is 3.41. The van der Waals surface area contributed by atoms with Gasteiger partial charge in [-0.3, -0.25) is 0 Å². The van der Waals surface area contributed by atoms with Crippen LogP contribution in [0.5, 0.6) is 0 Å². The van der Waals surface area contributed by atoms with Gasteiger partial charge in [-0.1, -0.05) is 6.92 Å². The average molecular weight is 311 g/mol. The molecule has 2 amide bonds. The summed E-state index contributed by atoms with van der Waals surface area (Å²) in [6.07, 6.45) is -2.43. The molecule has 0 radical (unpaired) electrons. The molecule has 1 aliphatic heterocycles. The fourth-order valence-corrected chi connectivity index (χ4v) is 2.21. The molecule has 1 N–H and O–H groups in total.